The number of amides is 1. The van der Waals surface area contributed by atoms with E-state index in [-0.39, 0.29) is 5.91 Å². The zero-order valence-electron chi connectivity index (χ0n) is 12.8. The van der Waals surface area contributed by atoms with Gasteiger partial charge in [0.2, 0.25) is 0 Å². The molecule has 2 heterocycles. The second-order valence-corrected chi connectivity index (χ2v) is 5.18. The highest BCUT2D eigenvalue weighted by atomic mass is 16.2. The predicted octanol–water partition coefficient (Wildman–Crippen LogP) is 2.34. The van der Waals surface area contributed by atoms with Crippen molar-refractivity contribution >= 4 is 16.9 Å². The van der Waals surface area contributed by atoms with E-state index in [1.165, 1.54) is 0 Å². The summed E-state index contributed by atoms with van der Waals surface area (Å²) in [5.74, 6) is 3.26. The summed E-state index contributed by atoms with van der Waals surface area (Å²) in [6, 6.07) is 13.1. The van der Waals surface area contributed by atoms with Crippen molar-refractivity contribution in [1.82, 2.24) is 19.4 Å². The van der Waals surface area contributed by atoms with Gasteiger partial charge in [-0.3, -0.25) is 9.78 Å². The number of fused-ring (bicyclic) bond motifs is 1. The second-order valence-electron chi connectivity index (χ2n) is 5.18. The van der Waals surface area contributed by atoms with Gasteiger partial charge in [-0.15, -0.1) is 6.42 Å². The lowest BCUT2D eigenvalue weighted by atomic mass is 10.3. The molecule has 0 saturated carbocycles. The van der Waals surface area contributed by atoms with Crippen LogP contribution in [-0.2, 0) is 13.1 Å². The van der Waals surface area contributed by atoms with E-state index in [4.69, 9.17) is 6.42 Å². The molecule has 5 heteroatoms. The molecular formula is C18H16N4O. The molecule has 3 rings (SSSR count). The molecule has 3 aromatic rings. The van der Waals surface area contributed by atoms with Crippen LogP contribution in [0.4, 0.5) is 0 Å². The van der Waals surface area contributed by atoms with Gasteiger partial charge in [-0.2, -0.15) is 0 Å². The van der Waals surface area contributed by atoms with Gasteiger partial charge in [-0.25, -0.2) is 4.98 Å². The van der Waals surface area contributed by atoms with Crippen LogP contribution < -0.4 is 0 Å². The van der Waals surface area contributed by atoms with Gasteiger partial charge in [0.1, 0.15) is 11.5 Å². The summed E-state index contributed by atoms with van der Waals surface area (Å²) in [5, 5.41) is 0. The Labute approximate surface area is 134 Å². The molecule has 0 aliphatic carbocycles. The van der Waals surface area contributed by atoms with Gasteiger partial charge in [0.25, 0.3) is 5.91 Å². The standard InChI is InChI=1S/C18H16N4O/c1-3-12-22-16-10-5-4-8-14(16)20-17(22)13-21(2)18(23)15-9-6-7-11-19-15/h1,4-11H,12-13H2,2H3. The fraction of sp³-hybridized carbons (Fsp3) is 0.167. The van der Waals surface area contributed by atoms with E-state index in [0.717, 1.165) is 16.9 Å². The summed E-state index contributed by atoms with van der Waals surface area (Å²) in [4.78, 5) is 22.7. The van der Waals surface area contributed by atoms with Crippen LogP contribution >= 0.6 is 0 Å². The number of imidazole rings is 1. The highest BCUT2D eigenvalue weighted by Crippen LogP contribution is 2.17. The maximum absolute atomic E-state index is 12.4. The van der Waals surface area contributed by atoms with Crippen LogP contribution in [0, 0.1) is 12.3 Å². The quantitative estimate of drug-likeness (QED) is 0.695. The monoisotopic (exact) mass is 304 g/mol. The van der Waals surface area contributed by atoms with Gasteiger partial charge in [0, 0.05) is 13.2 Å². The Bertz CT molecular complexity index is 877. The van der Waals surface area contributed by atoms with Crippen molar-refractivity contribution in [2.45, 2.75) is 13.1 Å². The Kier molecular flexibility index (Phi) is 4.07. The van der Waals surface area contributed by atoms with Crippen molar-refractivity contribution in [3.05, 3.63) is 60.2 Å². The number of hydrogen-bond acceptors (Lipinski definition) is 3. The molecule has 0 radical (unpaired) electrons. The number of terminal acetylenes is 1. The molecule has 1 aromatic carbocycles. The van der Waals surface area contributed by atoms with E-state index in [2.05, 4.69) is 15.9 Å². The molecule has 0 aliphatic rings. The molecule has 0 atom stereocenters. The molecule has 1 amide bonds. The van der Waals surface area contributed by atoms with E-state index in [9.17, 15) is 4.79 Å². The zero-order chi connectivity index (χ0) is 16.2. The van der Waals surface area contributed by atoms with Crippen molar-refractivity contribution in [3.8, 4) is 12.3 Å². The normalized spacial score (nSPS) is 10.4. The van der Waals surface area contributed by atoms with Gasteiger partial charge in [-0.05, 0) is 24.3 Å². The Morgan fingerprint density at radius 2 is 2.04 bits per heavy atom. The van der Waals surface area contributed by atoms with Gasteiger partial charge in [0.05, 0.1) is 24.1 Å². The van der Waals surface area contributed by atoms with Crippen LogP contribution in [0.5, 0.6) is 0 Å². The largest absolute Gasteiger partial charge is 0.333 e. The number of carbonyl (C=O) groups is 1. The first-order valence-electron chi connectivity index (χ1n) is 7.25. The number of aromatic nitrogens is 3. The SMILES string of the molecule is C#CCn1c(CN(C)C(=O)c2ccccn2)nc2ccccc21. The van der Waals surface area contributed by atoms with E-state index in [1.807, 2.05) is 28.8 Å². The average Bonchev–Trinajstić information content (AvgIpc) is 2.93. The molecule has 0 saturated heterocycles. The topological polar surface area (TPSA) is 51.0 Å². The zero-order valence-corrected chi connectivity index (χ0v) is 12.8. The van der Waals surface area contributed by atoms with Crippen molar-refractivity contribution in [2.75, 3.05) is 7.05 Å². The minimum Gasteiger partial charge on any atom is -0.333 e. The molecule has 23 heavy (non-hydrogen) atoms. The van der Waals surface area contributed by atoms with E-state index >= 15 is 0 Å². The Morgan fingerprint density at radius 1 is 1.26 bits per heavy atom. The third kappa shape index (κ3) is 2.92. The maximum Gasteiger partial charge on any atom is 0.272 e. The summed E-state index contributed by atoms with van der Waals surface area (Å²) in [5.41, 5.74) is 2.25. The minimum absolute atomic E-state index is 0.148. The van der Waals surface area contributed by atoms with Crippen LogP contribution in [0.2, 0.25) is 0 Å². The molecule has 0 spiro atoms. The first-order valence-corrected chi connectivity index (χ1v) is 7.25. The van der Waals surface area contributed by atoms with Gasteiger partial charge < -0.3 is 9.47 Å². The lowest BCUT2D eigenvalue weighted by molar-refractivity contribution is 0.0774. The molecule has 114 valence electrons. The van der Waals surface area contributed by atoms with Gasteiger partial charge >= 0.3 is 0 Å². The fourth-order valence-electron chi connectivity index (χ4n) is 2.48. The van der Waals surface area contributed by atoms with E-state index < -0.39 is 0 Å². The molecule has 0 N–H and O–H groups in total. The third-order valence-corrected chi connectivity index (χ3v) is 3.59. The van der Waals surface area contributed by atoms with E-state index in [1.54, 1.807) is 36.3 Å². The molecule has 0 aliphatic heterocycles. The molecule has 2 aromatic heterocycles. The molecule has 0 bridgehead atoms. The smallest absolute Gasteiger partial charge is 0.272 e. The molecule has 0 unspecified atom stereocenters. The number of pyridine rings is 1. The molecule has 0 fully saturated rings. The van der Waals surface area contributed by atoms with Crippen LogP contribution in [0.25, 0.3) is 11.0 Å². The summed E-state index contributed by atoms with van der Waals surface area (Å²) in [7, 11) is 1.73. The van der Waals surface area contributed by atoms with Crippen molar-refractivity contribution in [2.24, 2.45) is 0 Å². The lowest BCUT2D eigenvalue weighted by Crippen LogP contribution is -2.28. The summed E-state index contributed by atoms with van der Waals surface area (Å²) >= 11 is 0. The fourth-order valence-corrected chi connectivity index (χ4v) is 2.48. The number of rotatable bonds is 4. The Balaban J connectivity index is 1.90. The number of nitrogens with zero attached hydrogens (tertiary/aromatic N) is 4. The summed E-state index contributed by atoms with van der Waals surface area (Å²) < 4.78 is 1.96. The number of benzene rings is 1. The van der Waals surface area contributed by atoms with E-state index in [0.29, 0.717) is 18.8 Å². The molecule has 5 nitrogen and oxygen atoms in total. The highest BCUT2D eigenvalue weighted by Gasteiger charge is 2.17. The second kappa shape index (κ2) is 6.32. The number of para-hydroxylation sites is 2. The third-order valence-electron chi connectivity index (χ3n) is 3.59. The Morgan fingerprint density at radius 3 is 2.78 bits per heavy atom. The molecular weight excluding hydrogens is 288 g/mol. The van der Waals surface area contributed by atoms with Crippen molar-refractivity contribution in [3.63, 3.8) is 0 Å². The summed E-state index contributed by atoms with van der Waals surface area (Å²) in [6.45, 7) is 0.785. The number of carbonyl (C=O) groups excluding carboxylic acids is 1. The van der Waals surface area contributed by atoms with Crippen LogP contribution in [-0.4, -0.2) is 32.4 Å². The minimum atomic E-state index is -0.148. The lowest BCUT2D eigenvalue weighted by Gasteiger charge is -2.16. The average molecular weight is 304 g/mol. The first-order chi connectivity index (χ1) is 11.2. The maximum atomic E-state index is 12.4. The van der Waals surface area contributed by atoms with Crippen molar-refractivity contribution in [1.29, 1.82) is 0 Å². The highest BCUT2D eigenvalue weighted by molar-refractivity contribution is 5.92. The predicted molar refractivity (Wildman–Crippen MR) is 88.6 cm³/mol. The van der Waals surface area contributed by atoms with Gasteiger partial charge in [-0.1, -0.05) is 24.1 Å². The van der Waals surface area contributed by atoms with Crippen LogP contribution in [0.1, 0.15) is 16.3 Å². The Hall–Kier alpha value is -3.13. The summed E-state index contributed by atoms with van der Waals surface area (Å²) in [6.07, 6.45) is 7.08. The number of hydrogen-bond donors (Lipinski definition) is 0. The van der Waals surface area contributed by atoms with Crippen molar-refractivity contribution < 1.29 is 4.79 Å². The van der Waals surface area contributed by atoms with Crippen LogP contribution in [0.3, 0.4) is 0 Å². The van der Waals surface area contributed by atoms with Gasteiger partial charge in [0.15, 0.2) is 0 Å². The first kappa shape index (κ1) is 14.8. The van der Waals surface area contributed by atoms with Crippen LogP contribution in [0.15, 0.2) is 48.7 Å².